The van der Waals surface area contributed by atoms with Crippen LogP contribution in [0.1, 0.15) is 62.8 Å². The molecule has 80 heavy (non-hydrogen) atoms. The van der Waals surface area contributed by atoms with Crippen molar-refractivity contribution in [3.8, 4) is 45.8 Å². The maximum atomic E-state index is 17.9. The van der Waals surface area contributed by atoms with E-state index in [2.05, 4.69) is 50.0 Å². The second-order valence-electron chi connectivity index (χ2n) is 23.2. The molecule has 2 aromatic heterocycles. The Morgan fingerprint density at radius 3 is 2.01 bits per heavy atom. The van der Waals surface area contributed by atoms with Gasteiger partial charge in [0, 0.05) is 91.4 Å². The highest BCUT2D eigenvalue weighted by molar-refractivity contribution is 6.35. The maximum Gasteiger partial charge on any atom is 0.319 e. The molecule has 3 unspecified atom stereocenters. The molecule has 9 heterocycles. The molecule has 18 heteroatoms. The predicted octanol–water partition coefficient (Wildman–Crippen LogP) is 11.2. The first-order valence-electron chi connectivity index (χ1n) is 28.4. The largest absolute Gasteiger partial charge is 0.508 e. The highest BCUT2D eigenvalue weighted by Gasteiger charge is 2.39. The number of benzene rings is 6. The Balaban J connectivity index is 0.795. The summed E-state index contributed by atoms with van der Waals surface area (Å²) in [4.78, 5) is 31.4. The lowest BCUT2D eigenvalue weighted by Gasteiger charge is -2.33. The average molecular weight is 1120 g/mol. The number of hydrogen-bond acceptors (Lipinski definition) is 14. The molecule has 6 aromatic carbocycles. The van der Waals surface area contributed by atoms with Gasteiger partial charge in [0.05, 0.1) is 10.0 Å². The standard InChI is InChI=1S/C62H64Cl2F2N10O4/c1-72-18-6-8-39(72)32-79-61-68-57-49(59(70-61)75-22-21-74-19-15-36(75)16-20-74)28-51(63)54(56(57)66)48-27-42(78)25-46-44(10-5-11-45(46)48)35-23-40(73(2)31-35)33-80-62-69-58-50(60(71-62)76-37-12-13-38(76)30-67-17-14-37)29-52(64)53(55(58)65)47-26-41(77)24-34-7-3-4-9-43(34)47/h3-5,7,9-11,24-29,35-40,67,77-78H,6,8,12-23,30-33H2,1-2H3/t35?,37?,38?,39-,40-/m0/s1. The number of likely N-dealkylation sites (N-methyl/N-ethyl adjacent to an activating group) is 2. The quantitative estimate of drug-likeness (QED) is 0.113. The molecule has 7 fully saturated rings. The number of fused-ring (bicyclic) bond motifs is 10. The second kappa shape index (κ2) is 20.9. The average Bonchev–Trinajstić information content (AvgIpc) is 4.05. The SMILES string of the molecule is CN1CCC[C@H]1COc1nc(N2CCN3CCC2CC3)c2cc(Cl)c(-c3cc(O)cc4c(C5C[C@@H](COc6nc(N7C8CCNCC7CC8)c7cc(Cl)c(-c8cc(O)cc9ccccc89)c(F)c7n6)N(C)C5)cccc34)c(F)c2n1. The van der Waals surface area contributed by atoms with Crippen molar-refractivity contribution in [2.24, 2.45) is 0 Å². The summed E-state index contributed by atoms with van der Waals surface area (Å²) in [6, 6.07) is 24.6. The van der Waals surface area contributed by atoms with Gasteiger partial charge in [-0.25, -0.2) is 8.78 Å². The molecule has 0 radical (unpaired) electrons. The van der Waals surface area contributed by atoms with Crippen LogP contribution in [0.3, 0.4) is 0 Å². The Hall–Kier alpha value is -6.40. The van der Waals surface area contributed by atoms with E-state index in [9.17, 15) is 10.2 Å². The van der Waals surface area contributed by atoms with Crippen molar-refractivity contribution < 1.29 is 28.5 Å². The Morgan fingerprint density at radius 2 is 1.27 bits per heavy atom. The molecule has 0 spiro atoms. The summed E-state index contributed by atoms with van der Waals surface area (Å²) >= 11 is 14.4. The number of ether oxygens (including phenoxy) is 2. The first-order valence-corrected chi connectivity index (χ1v) is 29.2. The van der Waals surface area contributed by atoms with Gasteiger partial charge < -0.3 is 44.6 Å². The molecule has 0 saturated carbocycles. The third kappa shape index (κ3) is 9.14. The van der Waals surface area contributed by atoms with E-state index in [0.717, 1.165) is 118 Å². The van der Waals surface area contributed by atoms with E-state index in [1.165, 1.54) is 0 Å². The van der Waals surface area contributed by atoms with Gasteiger partial charge in [-0.15, -0.1) is 0 Å². The number of halogens is 4. The van der Waals surface area contributed by atoms with Crippen molar-refractivity contribution in [3.63, 3.8) is 0 Å². The zero-order valence-corrected chi connectivity index (χ0v) is 46.5. The molecular weight excluding hydrogens is 1060 g/mol. The van der Waals surface area contributed by atoms with Gasteiger partial charge >= 0.3 is 12.0 Å². The van der Waals surface area contributed by atoms with Crippen molar-refractivity contribution >= 4 is 78.2 Å². The zero-order valence-electron chi connectivity index (χ0n) is 44.9. The normalized spacial score (nSPS) is 24.4. The number of nitrogens with zero attached hydrogens (tertiary/aromatic N) is 9. The van der Waals surface area contributed by atoms with Gasteiger partial charge in [0.1, 0.15) is 47.4 Å². The molecule has 15 rings (SSSR count). The first kappa shape index (κ1) is 51.7. The monoisotopic (exact) mass is 1120 g/mol. The first-order chi connectivity index (χ1) is 38.9. The van der Waals surface area contributed by atoms with Gasteiger partial charge in [-0.05, 0) is 159 Å². The van der Waals surface area contributed by atoms with Crippen molar-refractivity contribution in [1.82, 2.24) is 40.0 Å². The summed E-state index contributed by atoms with van der Waals surface area (Å²) in [5.41, 5.74) is 2.44. The van der Waals surface area contributed by atoms with Gasteiger partial charge in [-0.1, -0.05) is 65.7 Å². The van der Waals surface area contributed by atoms with Crippen molar-refractivity contribution in [1.29, 1.82) is 0 Å². The van der Waals surface area contributed by atoms with Crippen LogP contribution in [0.5, 0.6) is 23.5 Å². The summed E-state index contributed by atoms with van der Waals surface area (Å²) < 4.78 is 48.4. The third-order valence-corrected chi connectivity index (χ3v) is 19.1. The Kier molecular flexibility index (Phi) is 13.5. The highest BCUT2D eigenvalue weighted by Crippen LogP contribution is 2.48. The summed E-state index contributed by atoms with van der Waals surface area (Å²) in [5, 5.41) is 30.4. The molecule has 0 amide bonds. The molecule has 0 aliphatic carbocycles. The van der Waals surface area contributed by atoms with E-state index in [1.807, 2.05) is 36.4 Å². The number of likely N-dealkylation sites (tertiary alicyclic amines) is 2. The maximum absolute atomic E-state index is 17.9. The summed E-state index contributed by atoms with van der Waals surface area (Å²) in [6.45, 7) is 7.59. The van der Waals surface area contributed by atoms with Crippen LogP contribution in [0.15, 0.2) is 78.9 Å². The van der Waals surface area contributed by atoms with E-state index < -0.39 is 11.6 Å². The lowest BCUT2D eigenvalue weighted by molar-refractivity contribution is 0.188. The van der Waals surface area contributed by atoms with Gasteiger partial charge in [0.2, 0.25) is 0 Å². The molecule has 5 atom stereocenters. The summed E-state index contributed by atoms with van der Waals surface area (Å²) in [6.07, 6.45) is 7.63. The van der Waals surface area contributed by atoms with Crippen molar-refractivity contribution in [2.75, 3.05) is 89.5 Å². The number of rotatable bonds is 11. The Labute approximate surface area is 473 Å². The smallest absolute Gasteiger partial charge is 0.319 e. The fourth-order valence-electron chi connectivity index (χ4n) is 14.3. The number of aromatic hydroxyl groups is 2. The molecular formula is C62H64Cl2F2N10O4. The number of anilines is 2. The van der Waals surface area contributed by atoms with Crippen LogP contribution >= 0.6 is 23.2 Å². The van der Waals surface area contributed by atoms with Gasteiger partial charge in [0.15, 0.2) is 11.6 Å². The number of phenolic OH excluding ortho intramolecular Hbond substituents is 2. The summed E-state index contributed by atoms with van der Waals surface area (Å²) in [7, 11) is 4.16. The molecule has 8 aromatic rings. The fourth-order valence-corrected chi connectivity index (χ4v) is 14.9. The number of hydrogen-bond donors (Lipinski definition) is 3. The molecule has 3 N–H and O–H groups in total. The summed E-state index contributed by atoms with van der Waals surface area (Å²) in [5.74, 6) is -0.00449. The van der Waals surface area contributed by atoms with Crippen molar-refractivity contribution in [3.05, 3.63) is 106 Å². The van der Waals surface area contributed by atoms with Gasteiger partial charge in [0.25, 0.3) is 0 Å². The Morgan fingerprint density at radius 1 is 0.613 bits per heavy atom. The lowest BCUT2D eigenvalue weighted by atomic mass is 9.88. The van der Waals surface area contributed by atoms with E-state index in [-0.39, 0.29) is 98.5 Å². The molecule has 7 aliphatic rings. The minimum Gasteiger partial charge on any atom is -0.508 e. The molecule has 14 nitrogen and oxygen atoms in total. The van der Waals surface area contributed by atoms with E-state index >= 15 is 8.78 Å². The van der Waals surface area contributed by atoms with Gasteiger partial charge in [-0.2, -0.15) is 19.9 Å². The van der Waals surface area contributed by atoms with E-state index in [1.54, 1.807) is 36.4 Å². The zero-order chi connectivity index (χ0) is 54.5. The molecule has 7 aliphatic heterocycles. The second-order valence-corrected chi connectivity index (χ2v) is 24.0. The van der Waals surface area contributed by atoms with Crippen LogP contribution in [-0.2, 0) is 0 Å². The van der Waals surface area contributed by atoms with Crippen LogP contribution in [0.4, 0.5) is 20.4 Å². The highest BCUT2D eigenvalue weighted by atomic mass is 35.5. The number of nitrogens with one attached hydrogen (secondary N) is 1. The number of piperidine rings is 1. The topological polar surface area (TPSA) is 139 Å². The number of phenols is 2. The van der Waals surface area contributed by atoms with Crippen LogP contribution in [-0.4, -0.2) is 155 Å². The predicted molar refractivity (Wildman–Crippen MR) is 312 cm³/mol. The van der Waals surface area contributed by atoms with Gasteiger partial charge in [-0.3, -0.25) is 4.90 Å². The fraction of sp³-hybridized carbons (Fsp3) is 0.419. The van der Waals surface area contributed by atoms with E-state index in [4.69, 9.17) is 52.6 Å². The van der Waals surface area contributed by atoms with Crippen LogP contribution in [0.25, 0.3) is 65.6 Å². The third-order valence-electron chi connectivity index (χ3n) is 18.5. The minimum atomic E-state index is -0.615. The minimum absolute atomic E-state index is 0.00162. The van der Waals surface area contributed by atoms with Crippen molar-refractivity contribution in [2.45, 2.75) is 87.5 Å². The lowest BCUT2D eigenvalue weighted by Crippen LogP contribution is -2.39. The van der Waals surface area contributed by atoms with E-state index in [0.29, 0.717) is 53.1 Å². The van der Waals surface area contributed by atoms with Crippen LogP contribution in [0.2, 0.25) is 10.0 Å². The number of aromatic nitrogens is 4. The molecule has 7 saturated heterocycles. The molecule has 4 bridgehead atoms. The van der Waals surface area contributed by atoms with Crippen LogP contribution < -0.4 is 24.6 Å². The molecule has 414 valence electrons. The Bertz CT molecular complexity index is 3740. The van der Waals surface area contributed by atoms with Crippen LogP contribution in [0, 0.1) is 11.6 Å².